The lowest BCUT2D eigenvalue weighted by molar-refractivity contribution is -0.00000301. The van der Waals surface area contributed by atoms with Gasteiger partial charge in [-0.2, -0.15) is 0 Å². The van der Waals surface area contributed by atoms with E-state index in [0.717, 1.165) is 0 Å². The van der Waals surface area contributed by atoms with E-state index in [9.17, 15) is 0 Å². The monoisotopic (exact) mass is 253 g/mol. The van der Waals surface area contributed by atoms with Gasteiger partial charge in [0.1, 0.15) is 0 Å². The molecule has 0 spiro atoms. The van der Waals surface area contributed by atoms with Crippen LogP contribution in [-0.4, -0.2) is 35.1 Å². The summed E-state index contributed by atoms with van der Waals surface area (Å²) in [5.74, 6) is 0. The number of hydrogen-bond acceptors (Lipinski definition) is 3. The maximum absolute atomic E-state index is 8.48. The van der Waals surface area contributed by atoms with Crippen LogP contribution in [0, 0.1) is 6.67 Å². The van der Waals surface area contributed by atoms with E-state index in [1.165, 1.54) is 0 Å². The highest BCUT2D eigenvalue weighted by Crippen LogP contribution is 2.06. The van der Waals surface area contributed by atoms with Crippen molar-refractivity contribution in [1.82, 2.24) is 9.80 Å². The molecule has 0 aromatic heterocycles. The molecule has 1 radical (unpaired) electrons. The average molecular weight is 253 g/mol. The van der Waals surface area contributed by atoms with E-state index in [1.807, 2.05) is 24.3 Å². The summed E-state index contributed by atoms with van der Waals surface area (Å²) in [6.07, 6.45) is 3.76. The second-order valence-electron chi connectivity index (χ2n) is 1.93. The van der Waals surface area contributed by atoms with Gasteiger partial charge in [0.2, 0.25) is 0 Å². The Labute approximate surface area is 78.3 Å². The summed E-state index contributed by atoms with van der Waals surface area (Å²) in [5.41, 5.74) is 0. The third-order valence-corrected chi connectivity index (χ3v) is 1.10. The molecule has 0 unspecified atom stereocenters. The summed E-state index contributed by atoms with van der Waals surface area (Å²) in [6, 6.07) is 0. The number of nitrogens with zero attached hydrogens (tertiary/aromatic N) is 2. The highest BCUT2D eigenvalue weighted by atomic mass is 127. The van der Waals surface area contributed by atoms with Crippen molar-refractivity contribution in [3.8, 4) is 0 Å². The second-order valence-corrected chi connectivity index (χ2v) is 1.93. The first kappa shape index (κ1) is 9.90. The number of hydrogen-bond donors (Lipinski definition) is 1. The van der Waals surface area contributed by atoms with Gasteiger partial charge in [0, 0.05) is 0 Å². The third-order valence-electron chi connectivity index (χ3n) is 1.10. The summed E-state index contributed by atoms with van der Waals surface area (Å²) in [7, 11) is 1.90. The van der Waals surface area contributed by atoms with Gasteiger partial charge in [-0.3, -0.25) is 0 Å². The van der Waals surface area contributed by atoms with Gasteiger partial charge in [0.25, 0.3) is 0 Å². The van der Waals surface area contributed by atoms with E-state index in [2.05, 4.69) is 6.67 Å². The largest absolute Gasteiger partial charge is 1.00 e. The maximum atomic E-state index is 8.48. The average Bonchev–Trinajstić information content (AvgIpc) is 2.17. The normalized spacial score (nSPS) is 15.0. The number of β-amino-alcohol motifs (C(OH)–C–C–N with tert-alkyl or cyclic N) is 1. The minimum atomic E-state index is 0. The molecule has 1 aliphatic rings. The van der Waals surface area contributed by atoms with E-state index >= 15 is 0 Å². The molecule has 0 fully saturated rings. The SMILES string of the molecule is CN1[C+]N(CCO)C=C1.[I-]. The minimum absolute atomic E-state index is 0. The van der Waals surface area contributed by atoms with Crippen LogP contribution in [0.25, 0.3) is 0 Å². The van der Waals surface area contributed by atoms with Crippen LogP contribution in [0.1, 0.15) is 0 Å². The van der Waals surface area contributed by atoms with Crippen molar-refractivity contribution in [2.75, 3.05) is 20.2 Å². The fraction of sp³-hybridized carbons (Fsp3) is 0.500. The molecule has 0 saturated carbocycles. The zero-order chi connectivity index (χ0) is 6.69. The van der Waals surface area contributed by atoms with Gasteiger partial charge in [-0.05, 0) is 0 Å². The molecule has 0 bridgehead atoms. The smallest absolute Gasteiger partial charge is 0.564 e. The summed E-state index contributed by atoms with van der Waals surface area (Å²) in [5, 5.41) is 8.48. The van der Waals surface area contributed by atoms with Crippen molar-refractivity contribution in [2.24, 2.45) is 0 Å². The first-order valence-electron chi connectivity index (χ1n) is 2.88. The molecule has 0 aliphatic carbocycles. The second kappa shape index (κ2) is 4.68. The molecular weight excluding hydrogens is 243 g/mol. The summed E-state index contributed by atoms with van der Waals surface area (Å²) in [4.78, 5) is 3.62. The molecule has 0 aromatic carbocycles. The molecule has 10 heavy (non-hydrogen) atoms. The van der Waals surface area contributed by atoms with E-state index in [0.29, 0.717) is 6.54 Å². The van der Waals surface area contributed by atoms with Crippen LogP contribution >= 0.6 is 0 Å². The van der Waals surface area contributed by atoms with Gasteiger partial charge in [0.15, 0.2) is 0 Å². The van der Waals surface area contributed by atoms with Gasteiger partial charge in [0.05, 0.1) is 32.6 Å². The van der Waals surface area contributed by atoms with Crippen LogP contribution in [0.15, 0.2) is 12.4 Å². The van der Waals surface area contributed by atoms with Gasteiger partial charge >= 0.3 is 6.67 Å². The van der Waals surface area contributed by atoms with Crippen molar-refractivity contribution in [1.29, 1.82) is 0 Å². The van der Waals surface area contributed by atoms with Crippen LogP contribution in [0.2, 0.25) is 0 Å². The molecule has 0 saturated heterocycles. The van der Waals surface area contributed by atoms with Crippen LogP contribution in [0.4, 0.5) is 0 Å². The first-order valence-corrected chi connectivity index (χ1v) is 2.88. The van der Waals surface area contributed by atoms with Crippen LogP contribution in [-0.2, 0) is 0 Å². The number of aliphatic hydroxyl groups is 1. The maximum Gasteiger partial charge on any atom is 0.564 e. The lowest BCUT2D eigenvalue weighted by atomic mass is 10.6. The standard InChI is InChI=1S/C6H10N2O.HI/c1-7-2-3-8(6-7)4-5-9;/h2-3,9H,4-5H2,1H3;1H/q+1;/p-1. The minimum Gasteiger partial charge on any atom is -1.00 e. The lowest BCUT2D eigenvalue weighted by Crippen LogP contribution is -3.00. The third kappa shape index (κ3) is 2.66. The number of aliphatic hydroxyl groups excluding tert-OH is 1. The van der Waals surface area contributed by atoms with E-state index in [1.54, 1.807) is 4.90 Å². The molecule has 1 N–H and O–H groups in total. The molecular formula is C6H10IN2O. The van der Waals surface area contributed by atoms with Crippen molar-refractivity contribution >= 4 is 0 Å². The fourth-order valence-electron chi connectivity index (χ4n) is 0.682. The Kier molecular flexibility index (Phi) is 4.63. The topological polar surface area (TPSA) is 26.7 Å². The highest BCUT2D eigenvalue weighted by molar-refractivity contribution is 4.94. The molecule has 1 heterocycles. The van der Waals surface area contributed by atoms with Crippen LogP contribution in [0.5, 0.6) is 0 Å². The molecule has 1 rings (SSSR count). The van der Waals surface area contributed by atoms with Crippen molar-refractivity contribution in [3.63, 3.8) is 0 Å². The first-order chi connectivity index (χ1) is 4.33. The Morgan fingerprint density at radius 1 is 1.50 bits per heavy atom. The Morgan fingerprint density at radius 2 is 2.20 bits per heavy atom. The summed E-state index contributed by atoms with van der Waals surface area (Å²) >= 11 is 0. The quantitative estimate of drug-likeness (QED) is 0.412. The number of rotatable bonds is 2. The zero-order valence-electron chi connectivity index (χ0n) is 5.79. The van der Waals surface area contributed by atoms with Crippen molar-refractivity contribution < 1.29 is 29.1 Å². The molecule has 0 atom stereocenters. The zero-order valence-corrected chi connectivity index (χ0v) is 7.95. The van der Waals surface area contributed by atoms with Crippen LogP contribution < -0.4 is 24.0 Å². The lowest BCUT2D eigenvalue weighted by Gasteiger charge is -1.96. The summed E-state index contributed by atoms with van der Waals surface area (Å²) < 4.78 is 0. The van der Waals surface area contributed by atoms with Gasteiger partial charge < -0.3 is 29.1 Å². The Bertz CT molecular complexity index is 118. The highest BCUT2D eigenvalue weighted by Gasteiger charge is 2.26. The van der Waals surface area contributed by atoms with Crippen molar-refractivity contribution in [3.05, 3.63) is 19.1 Å². The van der Waals surface area contributed by atoms with E-state index < -0.39 is 0 Å². The Morgan fingerprint density at radius 3 is 2.60 bits per heavy atom. The molecule has 3 nitrogen and oxygen atoms in total. The molecule has 0 amide bonds. The predicted octanol–water partition coefficient (Wildman–Crippen LogP) is -3.30. The molecule has 4 heteroatoms. The van der Waals surface area contributed by atoms with Crippen molar-refractivity contribution in [2.45, 2.75) is 0 Å². The number of halogens is 1. The van der Waals surface area contributed by atoms with E-state index in [4.69, 9.17) is 5.11 Å². The van der Waals surface area contributed by atoms with Gasteiger partial charge in [-0.15, -0.1) is 9.80 Å². The molecule has 1 aliphatic heterocycles. The predicted molar refractivity (Wildman–Crippen MR) is 33.9 cm³/mol. The molecule has 0 aromatic rings. The molecule has 57 valence electrons. The summed E-state index contributed by atoms with van der Waals surface area (Å²) in [6.45, 7) is 3.75. The fourth-order valence-corrected chi connectivity index (χ4v) is 0.682. The van der Waals surface area contributed by atoms with Crippen LogP contribution in [0.3, 0.4) is 0 Å². The van der Waals surface area contributed by atoms with E-state index in [-0.39, 0.29) is 30.6 Å². The Balaban J connectivity index is 0.000000810. The van der Waals surface area contributed by atoms with Gasteiger partial charge in [-0.25, -0.2) is 0 Å². The Hall–Kier alpha value is -0.100. The van der Waals surface area contributed by atoms with Gasteiger partial charge in [-0.1, -0.05) is 0 Å².